The Kier molecular flexibility index (Phi) is 5.23. The number of aryl methyl sites for hydroxylation is 1. The number of rotatable bonds is 5. The van der Waals surface area contributed by atoms with Crippen LogP contribution in [0.1, 0.15) is 50.7 Å². The summed E-state index contributed by atoms with van der Waals surface area (Å²) in [6.45, 7) is 5.01. The Hall–Kier alpha value is -2.11. The zero-order valence-corrected chi connectivity index (χ0v) is 14.0. The van der Waals surface area contributed by atoms with Gasteiger partial charge >= 0.3 is 0 Å². The number of aromatic amines is 1. The van der Waals surface area contributed by atoms with Crippen molar-refractivity contribution in [2.75, 3.05) is 6.54 Å². The molecule has 2 aromatic rings. The van der Waals surface area contributed by atoms with E-state index in [1.54, 1.807) is 38.1 Å². The quantitative estimate of drug-likeness (QED) is 0.735. The standard InChI is InChI=1S/C17H19ClN2O3/c1-9-15(11(3)21)10(2)20-16(9)17(23)19-8-14(22)12-4-6-13(18)7-5-12/h4-7,14,20,22H,8H2,1-3H3,(H,19,23). The second-order valence-electron chi connectivity index (χ2n) is 5.46. The number of hydrogen-bond donors (Lipinski definition) is 3. The van der Waals surface area contributed by atoms with Gasteiger partial charge in [-0.3, -0.25) is 9.59 Å². The van der Waals surface area contributed by atoms with Crippen molar-refractivity contribution in [1.82, 2.24) is 10.3 Å². The number of aliphatic hydroxyl groups is 1. The zero-order valence-electron chi connectivity index (χ0n) is 13.2. The monoisotopic (exact) mass is 334 g/mol. The number of H-pyrrole nitrogens is 1. The summed E-state index contributed by atoms with van der Waals surface area (Å²) >= 11 is 5.80. The minimum Gasteiger partial charge on any atom is -0.387 e. The molecule has 0 aliphatic carbocycles. The normalized spacial score (nSPS) is 12.0. The fourth-order valence-electron chi connectivity index (χ4n) is 2.59. The number of hydrogen-bond acceptors (Lipinski definition) is 3. The van der Waals surface area contributed by atoms with Crippen LogP contribution in [0.25, 0.3) is 0 Å². The van der Waals surface area contributed by atoms with Crippen molar-refractivity contribution in [3.63, 3.8) is 0 Å². The molecule has 0 bridgehead atoms. The first-order valence-electron chi connectivity index (χ1n) is 7.23. The van der Waals surface area contributed by atoms with Gasteiger partial charge < -0.3 is 15.4 Å². The van der Waals surface area contributed by atoms with Gasteiger partial charge in [-0.1, -0.05) is 23.7 Å². The Morgan fingerprint density at radius 2 is 1.87 bits per heavy atom. The van der Waals surface area contributed by atoms with E-state index in [2.05, 4.69) is 10.3 Å². The van der Waals surface area contributed by atoms with Crippen LogP contribution in [0.2, 0.25) is 5.02 Å². The summed E-state index contributed by atoms with van der Waals surface area (Å²) < 4.78 is 0. The van der Waals surface area contributed by atoms with Gasteiger partial charge in [0.25, 0.3) is 5.91 Å². The largest absolute Gasteiger partial charge is 0.387 e. The molecule has 0 aliphatic heterocycles. The topological polar surface area (TPSA) is 82.2 Å². The van der Waals surface area contributed by atoms with Crippen molar-refractivity contribution < 1.29 is 14.7 Å². The lowest BCUT2D eigenvalue weighted by molar-refractivity contribution is 0.0911. The van der Waals surface area contributed by atoms with Crippen LogP contribution in [0.4, 0.5) is 0 Å². The molecule has 6 heteroatoms. The predicted octanol–water partition coefficient (Wildman–Crippen LogP) is 2.95. The number of ketones is 1. The average Bonchev–Trinajstić information content (AvgIpc) is 2.80. The lowest BCUT2D eigenvalue weighted by atomic mass is 10.1. The fraction of sp³-hybridized carbons (Fsp3) is 0.294. The van der Waals surface area contributed by atoms with E-state index in [9.17, 15) is 14.7 Å². The molecule has 1 atom stereocenters. The third-order valence-corrected chi connectivity index (χ3v) is 3.98. The number of amides is 1. The number of carbonyl (C=O) groups is 2. The van der Waals surface area contributed by atoms with Crippen LogP contribution in [0.15, 0.2) is 24.3 Å². The van der Waals surface area contributed by atoms with Crippen molar-refractivity contribution in [2.45, 2.75) is 26.9 Å². The van der Waals surface area contributed by atoms with Crippen molar-refractivity contribution in [2.24, 2.45) is 0 Å². The second kappa shape index (κ2) is 6.98. The maximum atomic E-state index is 12.3. The lowest BCUT2D eigenvalue weighted by Crippen LogP contribution is -2.29. The van der Waals surface area contributed by atoms with Gasteiger partial charge in [0, 0.05) is 22.8 Å². The van der Waals surface area contributed by atoms with Gasteiger partial charge in [-0.2, -0.15) is 0 Å². The molecule has 1 unspecified atom stereocenters. The summed E-state index contributed by atoms with van der Waals surface area (Å²) in [6, 6.07) is 6.77. The predicted molar refractivity (Wildman–Crippen MR) is 89.0 cm³/mol. The highest BCUT2D eigenvalue weighted by Gasteiger charge is 2.20. The van der Waals surface area contributed by atoms with Crippen LogP contribution < -0.4 is 5.32 Å². The van der Waals surface area contributed by atoms with E-state index in [0.29, 0.717) is 33.1 Å². The highest BCUT2D eigenvalue weighted by Crippen LogP contribution is 2.19. The number of benzene rings is 1. The van der Waals surface area contributed by atoms with E-state index in [4.69, 9.17) is 11.6 Å². The van der Waals surface area contributed by atoms with Crippen molar-refractivity contribution in [1.29, 1.82) is 0 Å². The van der Waals surface area contributed by atoms with Crippen LogP contribution in [0, 0.1) is 13.8 Å². The second-order valence-corrected chi connectivity index (χ2v) is 5.89. The molecule has 23 heavy (non-hydrogen) atoms. The molecule has 0 aliphatic rings. The van der Waals surface area contributed by atoms with Crippen molar-refractivity contribution in [3.05, 3.63) is 57.4 Å². The SMILES string of the molecule is CC(=O)c1c(C)[nH]c(C(=O)NCC(O)c2ccc(Cl)cc2)c1C. The molecule has 3 N–H and O–H groups in total. The third kappa shape index (κ3) is 3.81. The van der Waals surface area contributed by atoms with Crippen LogP contribution in [0.3, 0.4) is 0 Å². The summed E-state index contributed by atoms with van der Waals surface area (Å²) in [7, 11) is 0. The Labute approximate surface area is 139 Å². The molecule has 0 saturated carbocycles. The smallest absolute Gasteiger partial charge is 0.268 e. The summed E-state index contributed by atoms with van der Waals surface area (Å²) in [5, 5.41) is 13.4. The Morgan fingerprint density at radius 1 is 1.26 bits per heavy atom. The van der Waals surface area contributed by atoms with E-state index in [1.165, 1.54) is 6.92 Å². The molecular weight excluding hydrogens is 316 g/mol. The van der Waals surface area contributed by atoms with E-state index in [-0.39, 0.29) is 18.2 Å². The molecule has 0 radical (unpaired) electrons. The van der Waals surface area contributed by atoms with Gasteiger partial charge in [0.2, 0.25) is 0 Å². The molecule has 0 spiro atoms. The lowest BCUT2D eigenvalue weighted by Gasteiger charge is -2.12. The van der Waals surface area contributed by atoms with Gasteiger partial charge in [-0.05, 0) is 44.0 Å². The van der Waals surface area contributed by atoms with Gasteiger partial charge in [-0.25, -0.2) is 0 Å². The third-order valence-electron chi connectivity index (χ3n) is 3.73. The summed E-state index contributed by atoms with van der Waals surface area (Å²) in [5.74, 6) is -0.442. The molecule has 1 aromatic carbocycles. The molecule has 2 rings (SSSR count). The number of nitrogens with one attached hydrogen (secondary N) is 2. The Balaban J connectivity index is 2.07. The maximum absolute atomic E-state index is 12.3. The van der Waals surface area contributed by atoms with Crippen LogP contribution in [-0.4, -0.2) is 28.3 Å². The van der Waals surface area contributed by atoms with E-state index >= 15 is 0 Å². The minimum atomic E-state index is -0.833. The first kappa shape index (κ1) is 17.2. The highest BCUT2D eigenvalue weighted by molar-refractivity contribution is 6.30. The molecule has 1 aromatic heterocycles. The van der Waals surface area contributed by atoms with E-state index in [0.717, 1.165) is 0 Å². The van der Waals surface area contributed by atoms with E-state index in [1.807, 2.05) is 0 Å². The minimum absolute atomic E-state index is 0.0629. The number of Topliss-reactive ketones (excluding diaryl/α,β-unsaturated/α-hetero) is 1. The molecule has 0 saturated heterocycles. The Morgan fingerprint density at radius 3 is 2.39 bits per heavy atom. The summed E-state index contributed by atoms with van der Waals surface area (Å²) in [4.78, 5) is 26.8. The van der Waals surface area contributed by atoms with E-state index < -0.39 is 6.10 Å². The van der Waals surface area contributed by atoms with Crippen molar-refractivity contribution in [3.8, 4) is 0 Å². The van der Waals surface area contributed by atoms with Gasteiger partial charge in [0.15, 0.2) is 5.78 Å². The van der Waals surface area contributed by atoms with Crippen LogP contribution >= 0.6 is 11.6 Å². The highest BCUT2D eigenvalue weighted by atomic mass is 35.5. The number of halogens is 1. The summed E-state index contributed by atoms with van der Waals surface area (Å²) in [5.41, 5.74) is 2.83. The number of carbonyl (C=O) groups excluding carboxylic acids is 2. The van der Waals surface area contributed by atoms with Crippen molar-refractivity contribution >= 4 is 23.3 Å². The first-order chi connectivity index (χ1) is 10.8. The van der Waals surface area contributed by atoms with Gasteiger partial charge in [0.05, 0.1) is 6.10 Å². The van der Waals surface area contributed by atoms with Crippen LogP contribution in [-0.2, 0) is 0 Å². The molecule has 1 amide bonds. The molecular formula is C17H19ClN2O3. The maximum Gasteiger partial charge on any atom is 0.268 e. The first-order valence-corrected chi connectivity index (χ1v) is 7.61. The zero-order chi connectivity index (χ0) is 17.1. The van der Waals surface area contributed by atoms with Gasteiger partial charge in [-0.15, -0.1) is 0 Å². The van der Waals surface area contributed by atoms with Gasteiger partial charge in [0.1, 0.15) is 5.69 Å². The number of aliphatic hydroxyl groups excluding tert-OH is 1. The summed E-state index contributed by atoms with van der Waals surface area (Å²) in [6.07, 6.45) is -0.833. The molecule has 5 nitrogen and oxygen atoms in total. The molecule has 0 fully saturated rings. The molecule has 1 heterocycles. The fourth-order valence-corrected chi connectivity index (χ4v) is 2.71. The number of aromatic nitrogens is 1. The molecule has 122 valence electrons. The Bertz CT molecular complexity index is 735. The van der Waals surface area contributed by atoms with Crippen LogP contribution in [0.5, 0.6) is 0 Å². The average molecular weight is 335 g/mol.